The molecule has 0 bridgehead atoms. The van der Waals surface area contributed by atoms with Crippen LogP contribution < -0.4 is 26.0 Å². The molecule has 0 saturated carbocycles. The molecule has 1 nitrogen and oxygen atoms in total. The molecule has 4 rings (SSSR count). The summed E-state index contributed by atoms with van der Waals surface area (Å²) in [5.41, 5.74) is 0. The van der Waals surface area contributed by atoms with Gasteiger partial charge in [-0.1, -0.05) is 0 Å². The van der Waals surface area contributed by atoms with Gasteiger partial charge in [0.1, 0.15) is 0 Å². The molecular formula is C25H22IOP. The topological polar surface area (TPSA) is 9.23 Å². The standard InChI is InChI=1S/C25H22IOP/c1-27-21-17-19-25(20-18-21)28(26,22-11-5-2-6-12-22,23-13-7-3-8-14-23)24-15-9-4-10-16-24/h2-20H,1H3. The summed E-state index contributed by atoms with van der Waals surface area (Å²) in [5.74, 6) is 0.874. The third-order valence-corrected chi connectivity index (χ3v) is 17.0. The normalized spacial score (nSPS) is 12.7. The van der Waals surface area contributed by atoms with Crippen LogP contribution in [0.2, 0.25) is 0 Å². The first kappa shape index (κ1) is 19.2. The van der Waals surface area contributed by atoms with E-state index >= 15 is 0 Å². The fraction of sp³-hybridized carbons (Fsp3) is 0.0400. The van der Waals surface area contributed by atoms with Crippen LogP contribution >= 0.6 is 26.3 Å². The van der Waals surface area contributed by atoms with Crippen molar-refractivity contribution in [2.75, 3.05) is 7.11 Å². The van der Waals surface area contributed by atoms with Crippen molar-refractivity contribution in [1.82, 2.24) is 0 Å². The van der Waals surface area contributed by atoms with E-state index in [2.05, 4.69) is 137 Å². The van der Waals surface area contributed by atoms with Crippen LogP contribution in [0.3, 0.4) is 0 Å². The van der Waals surface area contributed by atoms with Gasteiger partial charge in [0.25, 0.3) is 0 Å². The number of rotatable bonds is 5. The van der Waals surface area contributed by atoms with E-state index in [1.807, 2.05) is 0 Å². The molecule has 0 aromatic heterocycles. The predicted molar refractivity (Wildman–Crippen MR) is 132 cm³/mol. The van der Waals surface area contributed by atoms with Crippen molar-refractivity contribution in [2.45, 2.75) is 0 Å². The van der Waals surface area contributed by atoms with Crippen LogP contribution in [0.25, 0.3) is 0 Å². The fourth-order valence-corrected chi connectivity index (χ4v) is 12.4. The Hall–Kier alpha value is -2.16. The Balaban J connectivity index is 2.18. The first-order chi connectivity index (χ1) is 13.7. The minimum absolute atomic E-state index is 0.874. The first-order valence-electron chi connectivity index (χ1n) is 9.23. The molecule has 4 aromatic carbocycles. The summed E-state index contributed by atoms with van der Waals surface area (Å²) >= 11 is 2.79. The molecule has 28 heavy (non-hydrogen) atoms. The van der Waals surface area contributed by atoms with E-state index in [9.17, 15) is 0 Å². The summed E-state index contributed by atoms with van der Waals surface area (Å²) in [7, 11) is 1.71. The Bertz CT molecular complexity index is 949. The van der Waals surface area contributed by atoms with Crippen molar-refractivity contribution < 1.29 is 4.74 Å². The third kappa shape index (κ3) is 2.87. The van der Waals surface area contributed by atoms with Gasteiger partial charge in [0.15, 0.2) is 0 Å². The fourth-order valence-electron chi connectivity index (χ4n) is 3.88. The molecule has 0 N–H and O–H groups in total. The quantitative estimate of drug-likeness (QED) is 0.273. The molecular weight excluding hydrogens is 474 g/mol. The van der Waals surface area contributed by atoms with E-state index in [4.69, 9.17) is 4.74 Å². The average molecular weight is 496 g/mol. The van der Waals surface area contributed by atoms with Crippen LogP contribution in [-0.2, 0) is 0 Å². The zero-order valence-corrected chi connectivity index (χ0v) is 18.8. The molecule has 0 radical (unpaired) electrons. The summed E-state index contributed by atoms with van der Waals surface area (Å²) in [4.78, 5) is 0. The van der Waals surface area contributed by atoms with Gasteiger partial charge in [0.05, 0.1) is 0 Å². The average Bonchev–Trinajstić information content (AvgIpc) is 2.80. The number of benzene rings is 4. The van der Waals surface area contributed by atoms with E-state index in [-0.39, 0.29) is 0 Å². The van der Waals surface area contributed by atoms with Crippen molar-refractivity contribution in [2.24, 2.45) is 0 Å². The van der Waals surface area contributed by atoms with Gasteiger partial charge in [-0.2, -0.15) is 0 Å². The van der Waals surface area contributed by atoms with Crippen molar-refractivity contribution >= 4 is 47.5 Å². The van der Waals surface area contributed by atoms with Gasteiger partial charge in [-0.05, 0) is 0 Å². The van der Waals surface area contributed by atoms with E-state index in [0.29, 0.717) is 0 Å². The van der Waals surface area contributed by atoms with E-state index in [1.165, 1.54) is 21.2 Å². The van der Waals surface area contributed by atoms with Gasteiger partial charge in [-0.3, -0.25) is 0 Å². The second kappa shape index (κ2) is 7.69. The zero-order valence-electron chi connectivity index (χ0n) is 15.7. The number of ether oxygens (including phenoxy) is 1. The summed E-state index contributed by atoms with van der Waals surface area (Å²) < 4.78 is 2.50. The van der Waals surface area contributed by atoms with Crippen molar-refractivity contribution in [3.63, 3.8) is 0 Å². The number of methoxy groups -OCH3 is 1. The molecule has 0 aliphatic rings. The monoisotopic (exact) mass is 496 g/mol. The maximum absolute atomic E-state index is 5.44. The van der Waals surface area contributed by atoms with Crippen LogP contribution in [-0.4, -0.2) is 7.11 Å². The summed E-state index contributed by atoms with van der Waals surface area (Å²) in [6.07, 6.45) is 0. The molecule has 0 atom stereocenters. The number of hydrogen-bond acceptors (Lipinski definition) is 1. The Labute approximate surface area is 179 Å². The molecule has 0 amide bonds. The van der Waals surface area contributed by atoms with Crippen LogP contribution in [0.15, 0.2) is 115 Å². The van der Waals surface area contributed by atoms with Crippen LogP contribution in [0.1, 0.15) is 0 Å². The number of halogens is 1. The molecule has 0 heterocycles. The summed E-state index contributed by atoms with van der Waals surface area (Å²) in [5, 5.41) is 5.35. The molecule has 0 aliphatic carbocycles. The molecule has 0 fully saturated rings. The zero-order chi connectivity index (χ0) is 19.5. The van der Waals surface area contributed by atoms with E-state index < -0.39 is 4.25 Å². The molecule has 0 aliphatic heterocycles. The van der Waals surface area contributed by atoms with Gasteiger partial charge in [-0.15, -0.1) is 0 Å². The number of hydrogen-bond donors (Lipinski definition) is 0. The third-order valence-electron chi connectivity index (χ3n) is 5.28. The predicted octanol–water partition coefficient (Wildman–Crippen LogP) is 5.20. The molecule has 3 heteroatoms. The second-order valence-electron chi connectivity index (χ2n) is 6.71. The Morgan fingerprint density at radius 1 is 0.500 bits per heavy atom. The maximum atomic E-state index is 5.44. The second-order valence-corrected chi connectivity index (χ2v) is 16.6. The van der Waals surface area contributed by atoms with Gasteiger partial charge < -0.3 is 0 Å². The molecule has 0 saturated heterocycles. The Kier molecular flexibility index (Phi) is 5.27. The van der Waals surface area contributed by atoms with Gasteiger partial charge in [-0.25, -0.2) is 0 Å². The van der Waals surface area contributed by atoms with Crippen molar-refractivity contribution in [3.05, 3.63) is 115 Å². The van der Waals surface area contributed by atoms with Crippen LogP contribution in [0.4, 0.5) is 0 Å². The van der Waals surface area contributed by atoms with Crippen LogP contribution in [0.5, 0.6) is 5.75 Å². The van der Waals surface area contributed by atoms with Crippen LogP contribution in [0, 0.1) is 0 Å². The van der Waals surface area contributed by atoms with Crippen molar-refractivity contribution in [3.8, 4) is 5.75 Å². The Morgan fingerprint density at radius 2 is 0.821 bits per heavy atom. The van der Waals surface area contributed by atoms with Gasteiger partial charge in [0.2, 0.25) is 0 Å². The van der Waals surface area contributed by atoms with Crippen molar-refractivity contribution in [1.29, 1.82) is 0 Å². The molecule has 0 unspecified atom stereocenters. The molecule has 140 valence electrons. The minimum atomic E-state index is -2.94. The summed E-state index contributed by atoms with van der Waals surface area (Å²) in [6.45, 7) is 0. The summed E-state index contributed by atoms with van der Waals surface area (Å²) in [6, 6.07) is 41.4. The van der Waals surface area contributed by atoms with E-state index in [0.717, 1.165) is 5.75 Å². The van der Waals surface area contributed by atoms with Gasteiger partial charge in [0, 0.05) is 0 Å². The van der Waals surface area contributed by atoms with E-state index in [1.54, 1.807) is 7.11 Å². The molecule has 4 aromatic rings. The molecule has 0 spiro atoms. The SMILES string of the molecule is COc1ccc(P(I)(c2ccccc2)(c2ccccc2)c2ccccc2)cc1. The Morgan fingerprint density at radius 3 is 1.14 bits per heavy atom. The van der Waals surface area contributed by atoms with Gasteiger partial charge >= 0.3 is 180 Å². The first-order valence-corrected chi connectivity index (χ1v) is 14.3.